The van der Waals surface area contributed by atoms with Crippen LogP contribution in [0.4, 0.5) is 0 Å². The van der Waals surface area contributed by atoms with E-state index in [1.165, 1.54) is 0 Å². The van der Waals surface area contributed by atoms with E-state index in [9.17, 15) is 15.3 Å². The highest BCUT2D eigenvalue weighted by atomic mass is 127. The zero-order valence-corrected chi connectivity index (χ0v) is 13.6. The summed E-state index contributed by atoms with van der Waals surface area (Å²) >= 11 is 5.36. The minimum Gasteiger partial charge on any atom is -0.462 e. The maximum Gasteiger partial charge on any atom is 0.229 e. The molecule has 1 saturated heterocycles. The van der Waals surface area contributed by atoms with Crippen molar-refractivity contribution in [1.29, 1.82) is 0 Å². The van der Waals surface area contributed by atoms with Crippen molar-refractivity contribution < 1.29 is 24.8 Å². The Labute approximate surface area is 132 Å². The molecule has 0 saturated carbocycles. The van der Waals surface area contributed by atoms with Crippen LogP contribution in [-0.2, 0) is 4.74 Å². The van der Waals surface area contributed by atoms with Crippen molar-refractivity contribution in [2.45, 2.75) is 30.7 Å². The normalized spacial score (nSPS) is 35.1. The van der Waals surface area contributed by atoms with Crippen molar-refractivity contribution >= 4 is 38.5 Å². The maximum absolute atomic E-state index is 9.87. The molecule has 0 bridgehead atoms. The molecular formula is C12H14BrIO5. The first-order valence-electron chi connectivity index (χ1n) is 5.71. The SMILES string of the molecule is O[C@@H]1[C@@H](O)[C@H](Oc2ccc(Br)cc2)O[C@H](CI)[C@H]1O. The molecule has 1 aromatic rings. The molecule has 5 nitrogen and oxygen atoms in total. The van der Waals surface area contributed by atoms with Crippen LogP contribution in [0.25, 0.3) is 0 Å². The van der Waals surface area contributed by atoms with Crippen molar-refractivity contribution in [3.05, 3.63) is 28.7 Å². The van der Waals surface area contributed by atoms with Gasteiger partial charge in [-0.1, -0.05) is 38.5 Å². The first kappa shape index (κ1) is 15.5. The number of ether oxygens (including phenoxy) is 2. The molecule has 1 fully saturated rings. The van der Waals surface area contributed by atoms with Crippen LogP contribution in [0.5, 0.6) is 5.75 Å². The molecule has 0 spiro atoms. The largest absolute Gasteiger partial charge is 0.462 e. The standard InChI is InChI=1S/C12H14BrIO5/c13-6-1-3-7(4-2-6)18-12-11(17)10(16)9(15)8(5-14)19-12/h1-4,8-12,15-17H,5H2/t8-,9-,10+,11-,12-/m1/s1. The molecular weight excluding hydrogens is 431 g/mol. The molecule has 0 amide bonds. The van der Waals surface area contributed by atoms with Crippen LogP contribution < -0.4 is 4.74 Å². The van der Waals surface area contributed by atoms with Gasteiger partial charge in [-0.3, -0.25) is 0 Å². The number of aliphatic hydroxyl groups excluding tert-OH is 3. The molecule has 0 unspecified atom stereocenters. The Morgan fingerprint density at radius 3 is 2.32 bits per heavy atom. The quantitative estimate of drug-likeness (QED) is 0.480. The fraction of sp³-hybridized carbons (Fsp3) is 0.500. The summed E-state index contributed by atoms with van der Waals surface area (Å²) in [5.74, 6) is 0.517. The summed E-state index contributed by atoms with van der Waals surface area (Å²) in [6.07, 6.45) is -5.26. The summed E-state index contributed by atoms with van der Waals surface area (Å²) < 4.78 is 12.4. The summed E-state index contributed by atoms with van der Waals surface area (Å²) in [5, 5.41) is 29.4. The van der Waals surface area contributed by atoms with Gasteiger partial charge in [0.1, 0.15) is 24.1 Å². The summed E-state index contributed by atoms with van der Waals surface area (Å²) in [5.41, 5.74) is 0. The Morgan fingerprint density at radius 1 is 1.11 bits per heavy atom. The van der Waals surface area contributed by atoms with Crippen LogP contribution in [0.1, 0.15) is 0 Å². The third-order valence-corrected chi connectivity index (χ3v) is 4.28. The van der Waals surface area contributed by atoms with Crippen molar-refractivity contribution in [3.63, 3.8) is 0 Å². The lowest BCUT2D eigenvalue weighted by molar-refractivity contribution is -0.266. The number of alkyl halides is 1. The Balaban J connectivity index is 2.08. The number of halogens is 2. The van der Waals surface area contributed by atoms with Gasteiger partial charge in [0, 0.05) is 8.90 Å². The average Bonchev–Trinajstić information content (AvgIpc) is 2.42. The third kappa shape index (κ3) is 3.59. The molecule has 19 heavy (non-hydrogen) atoms. The molecule has 3 N–H and O–H groups in total. The summed E-state index contributed by atoms with van der Waals surface area (Å²) in [4.78, 5) is 0. The van der Waals surface area contributed by atoms with Crippen LogP contribution in [0.15, 0.2) is 28.7 Å². The van der Waals surface area contributed by atoms with E-state index in [0.717, 1.165) is 4.47 Å². The lowest BCUT2D eigenvalue weighted by Crippen LogP contribution is -2.59. The number of aliphatic hydroxyl groups is 3. The lowest BCUT2D eigenvalue weighted by Gasteiger charge is -2.39. The predicted molar refractivity (Wildman–Crippen MR) is 80.3 cm³/mol. The zero-order valence-electron chi connectivity index (χ0n) is 9.82. The second kappa shape index (κ2) is 6.68. The Hall–Kier alpha value is 0.0700. The van der Waals surface area contributed by atoms with E-state index in [2.05, 4.69) is 15.9 Å². The lowest BCUT2D eigenvalue weighted by atomic mass is 10.00. The molecule has 2 rings (SSSR count). The smallest absolute Gasteiger partial charge is 0.229 e. The summed E-state index contributed by atoms with van der Waals surface area (Å²) in [6.45, 7) is 0. The van der Waals surface area contributed by atoms with Crippen LogP contribution >= 0.6 is 38.5 Å². The maximum atomic E-state index is 9.87. The summed E-state index contributed by atoms with van der Waals surface area (Å²) in [6, 6.07) is 7.03. The first-order valence-corrected chi connectivity index (χ1v) is 8.02. The fourth-order valence-corrected chi connectivity index (χ4v) is 2.78. The topological polar surface area (TPSA) is 79.2 Å². The van der Waals surface area contributed by atoms with Crippen molar-refractivity contribution in [2.75, 3.05) is 4.43 Å². The van der Waals surface area contributed by atoms with Crippen LogP contribution in [-0.4, -0.2) is 50.5 Å². The first-order chi connectivity index (χ1) is 9.02. The van der Waals surface area contributed by atoms with Gasteiger partial charge < -0.3 is 24.8 Å². The van der Waals surface area contributed by atoms with E-state index >= 15 is 0 Å². The highest BCUT2D eigenvalue weighted by molar-refractivity contribution is 14.1. The number of rotatable bonds is 3. The number of hydrogen-bond donors (Lipinski definition) is 3. The van der Waals surface area contributed by atoms with Crippen LogP contribution in [0, 0.1) is 0 Å². The van der Waals surface area contributed by atoms with Gasteiger partial charge in [0.05, 0.1) is 6.10 Å². The van der Waals surface area contributed by atoms with E-state index in [-0.39, 0.29) is 0 Å². The monoisotopic (exact) mass is 444 g/mol. The molecule has 5 atom stereocenters. The third-order valence-electron chi connectivity index (χ3n) is 2.89. The molecule has 106 valence electrons. The van der Waals surface area contributed by atoms with Gasteiger partial charge in [0.25, 0.3) is 0 Å². The van der Waals surface area contributed by atoms with Crippen molar-refractivity contribution in [2.24, 2.45) is 0 Å². The van der Waals surface area contributed by atoms with Gasteiger partial charge in [-0.2, -0.15) is 0 Å². The van der Waals surface area contributed by atoms with Gasteiger partial charge in [0.2, 0.25) is 6.29 Å². The minimum absolute atomic E-state index is 0.489. The van der Waals surface area contributed by atoms with Crippen LogP contribution in [0.2, 0.25) is 0 Å². The van der Waals surface area contributed by atoms with Crippen molar-refractivity contribution in [1.82, 2.24) is 0 Å². The number of benzene rings is 1. The zero-order chi connectivity index (χ0) is 14.0. The van der Waals surface area contributed by atoms with E-state index in [1.54, 1.807) is 24.3 Å². The van der Waals surface area contributed by atoms with Gasteiger partial charge >= 0.3 is 0 Å². The van der Waals surface area contributed by atoms with Gasteiger partial charge in [-0.05, 0) is 24.3 Å². The van der Waals surface area contributed by atoms with E-state index < -0.39 is 30.7 Å². The predicted octanol–water partition coefficient (Wildman–Crippen LogP) is 1.07. The van der Waals surface area contributed by atoms with E-state index in [4.69, 9.17) is 9.47 Å². The fourth-order valence-electron chi connectivity index (χ4n) is 1.79. The molecule has 0 aromatic heterocycles. The molecule has 1 aliphatic rings. The Kier molecular flexibility index (Phi) is 5.44. The average molecular weight is 445 g/mol. The molecule has 1 aliphatic heterocycles. The molecule has 1 heterocycles. The van der Waals surface area contributed by atoms with E-state index in [0.29, 0.717) is 10.2 Å². The highest BCUT2D eigenvalue weighted by Crippen LogP contribution is 2.26. The Bertz CT molecular complexity index is 413. The summed E-state index contributed by atoms with van der Waals surface area (Å²) in [7, 11) is 0. The molecule has 0 radical (unpaired) electrons. The number of hydrogen-bond acceptors (Lipinski definition) is 5. The van der Waals surface area contributed by atoms with Gasteiger partial charge in [0.15, 0.2) is 0 Å². The Morgan fingerprint density at radius 2 is 1.74 bits per heavy atom. The molecule has 7 heteroatoms. The van der Waals surface area contributed by atoms with Crippen molar-refractivity contribution in [3.8, 4) is 5.75 Å². The molecule has 0 aliphatic carbocycles. The van der Waals surface area contributed by atoms with E-state index in [1.807, 2.05) is 22.6 Å². The second-order valence-electron chi connectivity index (χ2n) is 4.24. The van der Waals surface area contributed by atoms with Gasteiger partial charge in [-0.15, -0.1) is 0 Å². The molecule has 1 aromatic carbocycles. The van der Waals surface area contributed by atoms with Crippen LogP contribution in [0.3, 0.4) is 0 Å². The van der Waals surface area contributed by atoms with Gasteiger partial charge in [-0.25, -0.2) is 0 Å². The second-order valence-corrected chi connectivity index (χ2v) is 6.04. The highest BCUT2D eigenvalue weighted by Gasteiger charge is 2.44. The minimum atomic E-state index is -1.29.